The molecular weight excluding hydrogens is 393 g/mol. The first kappa shape index (κ1) is 22.4. The van der Waals surface area contributed by atoms with Crippen molar-refractivity contribution in [2.24, 2.45) is 5.73 Å². The smallest absolute Gasteiger partial charge is 0.416 e. The highest BCUT2D eigenvalue weighted by Gasteiger charge is 2.43. The van der Waals surface area contributed by atoms with Gasteiger partial charge in [-0.05, 0) is 37.0 Å². The molecule has 0 bridgehead atoms. The van der Waals surface area contributed by atoms with Crippen molar-refractivity contribution in [2.75, 3.05) is 6.61 Å². The van der Waals surface area contributed by atoms with Crippen LogP contribution < -0.4 is 11.1 Å². The molecule has 2 amide bonds. The maximum atomic E-state index is 12.7. The molecule has 1 unspecified atom stereocenters. The fraction of sp³-hybridized carbons (Fsp3) is 0.421. The number of benzene rings is 1. The number of aliphatic hydroxyl groups excluding tert-OH is 1. The molecule has 0 radical (unpaired) electrons. The van der Waals surface area contributed by atoms with Crippen LogP contribution in [0.5, 0.6) is 0 Å². The summed E-state index contributed by atoms with van der Waals surface area (Å²) < 4.78 is 43.7. The summed E-state index contributed by atoms with van der Waals surface area (Å²) in [6, 6.07) is 3.08. The number of rotatable bonds is 8. The van der Waals surface area contributed by atoms with Gasteiger partial charge in [0.15, 0.2) is 0 Å². The molecule has 10 heteroatoms. The molecule has 4 N–H and O–H groups in total. The Bertz CT molecular complexity index is 801. The maximum absolute atomic E-state index is 12.7. The molecule has 1 fully saturated rings. The van der Waals surface area contributed by atoms with Crippen LogP contribution in [0.2, 0.25) is 0 Å². The zero-order valence-corrected chi connectivity index (χ0v) is 15.4. The Morgan fingerprint density at radius 3 is 2.24 bits per heavy atom. The fourth-order valence-corrected chi connectivity index (χ4v) is 2.88. The summed E-state index contributed by atoms with van der Waals surface area (Å²) in [5.74, 6) is -2.58. The summed E-state index contributed by atoms with van der Waals surface area (Å²) in [5.41, 5.74) is 3.34. The third kappa shape index (κ3) is 5.35. The number of nitrogens with two attached hydrogens (primary N) is 1. The van der Waals surface area contributed by atoms with Crippen LogP contribution in [0, 0.1) is 0 Å². The van der Waals surface area contributed by atoms with Crippen molar-refractivity contribution in [1.82, 2.24) is 5.32 Å². The summed E-state index contributed by atoms with van der Waals surface area (Å²) in [5, 5.41) is 11.1. The van der Waals surface area contributed by atoms with Gasteiger partial charge in [0.25, 0.3) is 0 Å². The molecule has 1 saturated carbocycles. The molecule has 0 aromatic heterocycles. The summed E-state index contributed by atoms with van der Waals surface area (Å²) >= 11 is 0. The number of esters is 1. The highest BCUT2D eigenvalue weighted by Crippen LogP contribution is 2.45. The number of amides is 2. The largest absolute Gasteiger partial charge is 0.451 e. The van der Waals surface area contributed by atoms with Crippen molar-refractivity contribution in [1.29, 1.82) is 0 Å². The van der Waals surface area contributed by atoms with Crippen LogP contribution in [0.4, 0.5) is 13.2 Å². The molecule has 1 atom stereocenters. The van der Waals surface area contributed by atoms with Gasteiger partial charge in [0.2, 0.25) is 11.8 Å². The van der Waals surface area contributed by atoms with Gasteiger partial charge < -0.3 is 20.9 Å². The summed E-state index contributed by atoms with van der Waals surface area (Å²) in [6.45, 7) is 2.79. The minimum Gasteiger partial charge on any atom is -0.451 e. The second-order valence-electron chi connectivity index (χ2n) is 6.80. The molecule has 0 aliphatic heterocycles. The second-order valence-corrected chi connectivity index (χ2v) is 6.80. The molecule has 1 aromatic carbocycles. The SMILES string of the molecule is C=C(CC(=O)NC(CO)C(N)=O)C(=O)OC1(c2ccc(C(F)(F)F)cc2)CCC1. The molecule has 0 heterocycles. The van der Waals surface area contributed by atoms with Crippen molar-refractivity contribution in [3.8, 4) is 0 Å². The van der Waals surface area contributed by atoms with E-state index in [1.54, 1.807) is 0 Å². The number of nitrogens with one attached hydrogen (secondary N) is 1. The molecule has 1 aromatic rings. The first-order valence-electron chi connectivity index (χ1n) is 8.77. The van der Waals surface area contributed by atoms with Crippen molar-refractivity contribution in [3.05, 3.63) is 47.5 Å². The van der Waals surface area contributed by atoms with Gasteiger partial charge in [-0.3, -0.25) is 9.59 Å². The van der Waals surface area contributed by atoms with Gasteiger partial charge in [-0.25, -0.2) is 4.79 Å². The second kappa shape index (κ2) is 8.64. The Kier molecular flexibility index (Phi) is 6.68. The number of alkyl halides is 3. The number of hydrogen-bond donors (Lipinski definition) is 3. The molecule has 2 rings (SSSR count). The molecule has 7 nitrogen and oxygen atoms in total. The van der Waals surface area contributed by atoms with Gasteiger partial charge >= 0.3 is 12.1 Å². The van der Waals surface area contributed by atoms with Gasteiger partial charge in [0, 0.05) is 5.57 Å². The molecule has 1 aliphatic rings. The number of carbonyl (C=O) groups is 3. The topological polar surface area (TPSA) is 119 Å². The van der Waals surface area contributed by atoms with Crippen LogP contribution in [0.25, 0.3) is 0 Å². The monoisotopic (exact) mass is 414 g/mol. The average molecular weight is 414 g/mol. The molecule has 1 aliphatic carbocycles. The predicted octanol–water partition coefficient (Wildman–Crippen LogP) is 1.54. The predicted molar refractivity (Wildman–Crippen MR) is 95.0 cm³/mol. The van der Waals surface area contributed by atoms with Crippen LogP contribution >= 0.6 is 0 Å². The zero-order valence-electron chi connectivity index (χ0n) is 15.4. The summed E-state index contributed by atoms with van der Waals surface area (Å²) in [4.78, 5) is 35.3. The first-order chi connectivity index (χ1) is 13.5. The van der Waals surface area contributed by atoms with Crippen LogP contribution in [0.3, 0.4) is 0 Å². The Labute approximate surface area is 164 Å². The molecule has 0 saturated heterocycles. The minimum absolute atomic E-state index is 0.207. The van der Waals surface area contributed by atoms with E-state index in [-0.39, 0.29) is 5.57 Å². The normalized spacial score (nSPS) is 16.3. The number of halogens is 3. The van der Waals surface area contributed by atoms with Gasteiger partial charge in [-0.1, -0.05) is 18.7 Å². The van der Waals surface area contributed by atoms with E-state index < -0.39 is 54.2 Å². The van der Waals surface area contributed by atoms with E-state index in [0.29, 0.717) is 18.4 Å². The van der Waals surface area contributed by atoms with E-state index in [4.69, 9.17) is 15.6 Å². The maximum Gasteiger partial charge on any atom is 0.416 e. The number of ether oxygens (including phenoxy) is 1. The van der Waals surface area contributed by atoms with E-state index in [9.17, 15) is 27.6 Å². The lowest BCUT2D eigenvalue weighted by Crippen LogP contribution is -2.47. The number of aliphatic hydroxyl groups is 1. The van der Waals surface area contributed by atoms with E-state index in [2.05, 4.69) is 11.9 Å². The fourth-order valence-electron chi connectivity index (χ4n) is 2.88. The van der Waals surface area contributed by atoms with Crippen LogP contribution in [-0.4, -0.2) is 35.5 Å². The van der Waals surface area contributed by atoms with Gasteiger partial charge in [-0.15, -0.1) is 0 Å². The standard InChI is InChI=1S/C19H21F3N2O5/c1-11(9-15(26)24-14(10-25)16(23)27)17(28)29-18(7-2-8-18)12-3-5-13(6-4-12)19(20,21)22/h3-6,14,25H,1-2,7-10H2,(H2,23,27)(H,24,26). The third-order valence-electron chi connectivity index (χ3n) is 4.71. The van der Waals surface area contributed by atoms with Crippen LogP contribution in [0.15, 0.2) is 36.4 Å². The summed E-state index contributed by atoms with van der Waals surface area (Å²) in [7, 11) is 0. The number of primary amides is 1. The highest BCUT2D eigenvalue weighted by atomic mass is 19.4. The van der Waals surface area contributed by atoms with E-state index in [1.807, 2.05) is 0 Å². The quantitative estimate of drug-likeness (QED) is 0.440. The Morgan fingerprint density at radius 1 is 1.24 bits per heavy atom. The Balaban J connectivity index is 2.03. The number of hydrogen-bond acceptors (Lipinski definition) is 5. The van der Waals surface area contributed by atoms with Gasteiger partial charge in [-0.2, -0.15) is 13.2 Å². The van der Waals surface area contributed by atoms with Gasteiger partial charge in [0.1, 0.15) is 11.6 Å². The van der Waals surface area contributed by atoms with Crippen LogP contribution in [-0.2, 0) is 30.9 Å². The van der Waals surface area contributed by atoms with Crippen LogP contribution in [0.1, 0.15) is 36.8 Å². The van der Waals surface area contributed by atoms with Crippen molar-refractivity contribution >= 4 is 17.8 Å². The third-order valence-corrected chi connectivity index (χ3v) is 4.71. The van der Waals surface area contributed by atoms with Crippen molar-refractivity contribution < 1.29 is 37.4 Å². The first-order valence-corrected chi connectivity index (χ1v) is 8.77. The van der Waals surface area contributed by atoms with E-state index >= 15 is 0 Å². The lowest BCUT2D eigenvalue weighted by molar-refractivity contribution is -0.167. The lowest BCUT2D eigenvalue weighted by Gasteiger charge is -2.41. The molecule has 0 spiro atoms. The zero-order chi connectivity index (χ0) is 21.8. The van der Waals surface area contributed by atoms with E-state index in [1.165, 1.54) is 12.1 Å². The Hall–Kier alpha value is -2.88. The molecule has 29 heavy (non-hydrogen) atoms. The highest BCUT2D eigenvalue weighted by molar-refractivity contribution is 5.96. The van der Waals surface area contributed by atoms with Crippen molar-refractivity contribution in [2.45, 2.75) is 43.5 Å². The van der Waals surface area contributed by atoms with Gasteiger partial charge in [0.05, 0.1) is 18.6 Å². The molecular formula is C19H21F3N2O5. The average Bonchev–Trinajstić information content (AvgIpc) is 2.61. The molecule has 158 valence electrons. The number of carbonyl (C=O) groups excluding carboxylic acids is 3. The summed E-state index contributed by atoms with van der Waals surface area (Å²) in [6.07, 6.45) is -3.39. The van der Waals surface area contributed by atoms with E-state index in [0.717, 1.165) is 18.6 Å². The lowest BCUT2D eigenvalue weighted by atomic mass is 9.74. The minimum atomic E-state index is -4.47. The Morgan fingerprint density at radius 2 is 1.83 bits per heavy atom. The van der Waals surface area contributed by atoms with Crippen molar-refractivity contribution in [3.63, 3.8) is 0 Å².